The van der Waals surface area contributed by atoms with Crippen LogP contribution >= 0.6 is 39.0 Å². The Morgan fingerprint density at radius 3 is 2.84 bits per heavy atom. The van der Waals surface area contributed by atoms with Gasteiger partial charge in [0.05, 0.1) is 5.25 Å². The number of nitrogens with one attached hydrogen (secondary N) is 1. The van der Waals surface area contributed by atoms with E-state index in [2.05, 4.69) is 38.4 Å². The lowest BCUT2D eigenvalue weighted by Gasteiger charge is -2.10. The van der Waals surface area contributed by atoms with Crippen LogP contribution in [-0.4, -0.2) is 16.1 Å². The van der Waals surface area contributed by atoms with Crippen molar-refractivity contribution >= 4 is 50.1 Å². The normalized spacial score (nSPS) is 12.1. The van der Waals surface area contributed by atoms with Crippen molar-refractivity contribution in [2.75, 3.05) is 5.32 Å². The van der Waals surface area contributed by atoms with Crippen LogP contribution in [-0.2, 0) is 10.5 Å². The second-order valence-electron chi connectivity index (χ2n) is 3.91. The minimum Gasteiger partial charge on any atom is -0.301 e. The molecule has 3 nitrogen and oxygen atoms in total. The lowest BCUT2D eigenvalue weighted by atomic mass is 10.2. The smallest absolute Gasteiger partial charge is 0.238 e. The molecule has 0 spiro atoms. The fraction of sp³-hybridized carbons (Fsp3) is 0.231. The van der Waals surface area contributed by atoms with Crippen LogP contribution < -0.4 is 5.32 Å². The van der Waals surface area contributed by atoms with Crippen LogP contribution in [0.1, 0.15) is 12.5 Å². The molecule has 6 heteroatoms. The summed E-state index contributed by atoms with van der Waals surface area (Å²) in [6, 6.07) is 8.14. The second kappa shape index (κ2) is 7.07. The summed E-state index contributed by atoms with van der Waals surface area (Å²) in [5, 5.41) is 5.20. The maximum Gasteiger partial charge on any atom is 0.238 e. The van der Waals surface area contributed by atoms with Crippen molar-refractivity contribution in [2.45, 2.75) is 17.9 Å². The zero-order chi connectivity index (χ0) is 13.7. The summed E-state index contributed by atoms with van der Waals surface area (Å²) >= 11 is 6.45. The molecule has 2 aromatic rings. The number of carbonyl (C=O) groups is 1. The number of thiazole rings is 1. The number of aromatic nitrogens is 1. The molecule has 1 N–H and O–H groups in total. The summed E-state index contributed by atoms with van der Waals surface area (Å²) < 4.78 is 1.07. The van der Waals surface area contributed by atoms with Gasteiger partial charge in [0.1, 0.15) is 0 Å². The van der Waals surface area contributed by atoms with Crippen molar-refractivity contribution in [2.24, 2.45) is 0 Å². The van der Waals surface area contributed by atoms with Gasteiger partial charge in [0.15, 0.2) is 5.13 Å². The van der Waals surface area contributed by atoms with E-state index in [1.807, 2.05) is 24.4 Å². The number of rotatable bonds is 5. The molecule has 0 saturated heterocycles. The molecule has 1 atom stereocenters. The van der Waals surface area contributed by atoms with E-state index in [1.165, 1.54) is 16.9 Å². The molecule has 1 aromatic carbocycles. The van der Waals surface area contributed by atoms with Crippen LogP contribution in [0.5, 0.6) is 0 Å². The number of nitrogens with zero attached hydrogens (tertiary/aromatic N) is 1. The molecule has 0 aliphatic rings. The topological polar surface area (TPSA) is 42.0 Å². The Hall–Kier alpha value is -0.850. The van der Waals surface area contributed by atoms with Gasteiger partial charge in [-0.15, -0.1) is 23.1 Å². The molecule has 19 heavy (non-hydrogen) atoms. The van der Waals surface area contributed by atoms with Crippen molar-refractivity contribution < 1.29 is 4.79 Å². The molecule has 0 bridgehead atoms. The number of hydrogen-bond donors (Lipinski definition) is 1. The van der Waals surface area contributed by atoms with E-state index in [-0.39, 0.29) is 11.2 Å². The van der Waals surface area contributed by atoms with E-state index in [0.29, 0.717) is 5.13 Å². The van der Waals surface area contributed by atoms with Crippen molar-refractivity contribution in [3.63, 3.8) is 0 Å². The Morgan fingerprint density at radius 2 is 2.21 bits per heavy atom. The summed E-state index contributed by atoms with van der Waals surface area (Å²) in [6.07, 6.45) is 1.68. The fourth-order valence-electron chi connectivity index (χ4n) is 1.37. The molecule has 0 aliphatic carbocycles. The number of benzene rings is 1. The Bertz CT molecular complexity index is 528. The SMILES string of the molecule is C[C@H](SCc1ccc(Br)cc1)C(=O)Nc1nccs1. The lowest BCUT2D eigenvalue weighted by molar-refractivity contribution is -0.115. The van der Waals surface area contributed by atoms with Gasteiger partial charge in [-0.3, -0.25) is 4.79 Å². The summed E-state index contributed by atoms with van der Waals surface area (Å²) in [6.45, 7) is 1.91. The van der Waals surface area contributed by atoms with E-state index >= 15 is 0 Å². The zero-order valence-electron chi connectivity index (χ0n) is 10.3. The standard InChI is InChI=1S/C13H13BrN2OS2/c1-9(12(17)16-13-15-6-7-18-13)19-8-10-2-4-11(14)5-3-10/h2-7,9H,8H2,1H3,(H,15,16,17)/t9-/m0/s1. The van der Waals surface area contributed by atoms with Gasteiger partial charge in [0.2, 0.25) is 5.91 Å². The highest BCUT2D eigenvalue weighted by molar-refractivity contribution is 9.10. The predicted octanol–water partition coefficient (Wildman–Crippen LogP) is 4.17. The van der Waals surface area contributed by atoms with E-state index in [4.69, 9.17) is 0 Å². The number of halogens is 1. The van der Waals surface area contributed by atoms with Crippen LogP contribution in [0.15, 0.2) is 40.3 Å². The molecule has 1 amide bonds. The maximum atomic E-state index is 11.9. The van der Waals surface area contributed by atoms with Gasteiger partial charge in [-0.2, -0.15) is 0 Å². The summed E-state index contributed by atoms with van der Waals surface area (Å²) in [5.41, 5.74) is 1.21. The first kappa shape index (κ1) is 14.6. The zero-order valence-corrected chi connectivity index (χ0v) is 13.5. The largest absolute Gasteiger partial charge is 0.301 e. The Labute approximate surface area is 129 Å². The minimum atomic E-state index is -0.104. The van der Waals surface area contributed by atoms with Gasteiger partial charge in [-0.25, -0.2) is 4.98 Å². The molecule has 0 radical (unpaired) electrons. The molecule has 100 valence electrons. The lowest BCUT2D eigenvalue weighted by Crippen LogP contribution is -2.22. The van der Waals surface area contributed by atoms with E-state index in [0.717, 1.165) is 10.2 Å². The summed E-state index contributed by atoms with van der Waals surface area (Å²) in [5.74, 6) is 0.816. The third-order valence-electron chi connectivity index (χ3n) is 2.44. The number of amides is 1. The van der Waals surface area contributed by atoms with E-state index in [9.17, 15) is 4.79 Å². The molecule has 0 unspecified atom stereocenters. The number of thioether (sulfide) groups is 1. The van der Waals surface area contributed by atoms with Crippen molar-refractivity contribution in [1.29, 1.82) is 0 Å². The van der Waals surface area contributed by atoms with Crippen LogP contribution in [0.25, 0.3) is 0 Å². The van der Waals surface area contributed by atoms with Crippen LogP contribution in [0.2, 0.25) is 0 Å². The Kier molecular flexibility index (Phi) is 5.42. The summed E-state index contributed by atoms with van der Waals surface area (Å²) in [7, 11) is 0. The number of carbonyl (C=O) groups excluding carboxylic acids is 1. The molecular formula is C13H13BrN2OS2. The first-order valence-corrected chi connectivity index (χ1v) is 8.43. The molecule has 0 aliphatic heterocycles. The predicted molar refractivity (Wildman–Crippen MR) is 85.6 cm³/mol. The third-order valence-corrected chi connectivity index (χ3v) is 4.88. The third kappa shape index (κ3) is 4.63. The van der Waals surface area contributed by atoms with Gasteiger partial charge in [0, 0.05) is 21.8 Å². The monoisotopic (exact) mass is 356 g/mol. The van der Waals surface area contributed by atoms with Crippen LogP contribution in [0.3, 0.4) is 0 Å². The molecule has 0 saturated carbocycles. The van der Waals surface area contributed by atoms with Gasteiger partial charge >= 0.3 is 0 Å². The highest BCUT2D eigenvalue weighted by Gasteiger charge is 2.14. The average molecular weight is 357 g/mol. The van der Waals surface area contributed by atoms with Crippen LogP contribution in [0.4, 0.5) is 5.13 Å². The van der Waals surface area contributed by atoms with Gasteiger partial charge < -0.3 is 5.32 Å². The Morgan fingerprint density at radius 1 is 1.47 bits per heavy atom. The van der Waals surface area contributed by atoms with Crippen molar-refractivity contribution in [3.05, 3.63) is 45.9 Å². The molecular weight excluding hydrogens is 344 g/mol. The van der Waals surface area contributed by atoms with E-state index in [1.54, 1.807) is 18.0 Å². The number of hydrogen-bond acceptors (Lipinski definition) is 4. The number of anilines is 1. The van der Waals surface area contributed by atoms with E-state index < -0.39 is 0 Å². The highest BCUT2D eigenvalue weighted by atomic mass is 79.9. The second-order valence-corrected chi connectivity index (χ2v) is 7.05. The first-order chi connectivity index (χ1) is 9.15. The van der Waals surface area contributed by atoms with Gasteiger partial charge in [-0.1, -0.05) is 28.1 Å². The minimum absolute atomic E-state index is 0.00272. The van der Waals surface area contributed by atoms with Gasteiger partial charge in [0.25, 0.3) is 0 Å². The highest BCUT2D eigenvalue weighted by Crippen LogP contribution is 2.21. The molecule has 1 heterocycles. The van der Waals surface area contributed by atoms with Crippen molar-refractivity contribution in [1.82, 2.24) is 4.98 Å². The molecule has 2 rings (SSSR count). The van der Waals surface area contributed by atoms with Crippen molar-refractivity contribution in [3.8, 4) is 0 Å². The Balaban J connectivity index is 1.82. The van der Waals surface area contributed by atoms with Crippen LogP contribution in [0, 0.1) is 0 Å². The quantitative estimate of drug-likeness (QED) is 0.874. The average Bonchev–Trinajstić information content (AvgIpc) is 2.90. The molecule has 1 aromatic heterocycles. The summed E-state index contributed by atoms with van der Waals surface area (Å²) in [4.78, 5) is 16.0. The van der Waals surface area contributed by atoms with Gasteiger partial charge in [-0.05, 0) is 24.6 Å². The molecule has 0 fully saturated rings. The maximum absolute atomic E-state index is 11.9. The fourth-order valence-corrected chi connectivity index (χ4v) is 3.01. The first-order valence-electron chi connectivity index (χ1n) is 5.71.